The van der Waals surface area contributed by atoms with Crippen molar-refractivity contribution in [3.05, 3.63) is 28.8 Å². The van der Waals surface area contributed by atoms with E-state index in [1.54, 1.807) is 0 Å². The van der Waals surface area contributed by atoms with Crippen LogP contribution in [0, 0.1) is 0 Å². The highest BCUT2D eigenvalue weighted by atomic mass is 16.6. The summed E-state index contributed by atoms with van der Waals surface area (Å²) in [5.41, 5.74) is 2.13. The lowest BCUT2D eigenvalue weighted by Gasteiger charge is -2.28. The highest BCUT2D eigenvalue weighted by molar-refractivity contribution is 5.70. The smallest absolute Gasteiger partial charge is 0.306 e. The second kappa shape index (κ2) is 6.78. The Hall–Kier alpha value is -1.51. The molecule has 0 radical (unpaired) electrons. The Labute approximate surface area is 147 Å². The lowest BCUT2D eigenvalue weighted by Crippen LogP contribution is -2.24. The van der Waals surface area contributed by atoms with Crippen LogP contribution < -0.4 is 0 Å². The molecule has 0 aliphatic carbocycles. The normalized spacial score (nSPS) is 13.0. The molecule has 24 heavy (non-hydrogen) atoms. The number of hydrogen-bond donors (Lipinski definition) is 1. The molecule has 3 nitrogen and oxygen atoms in total. The van der Waals surface area contributed by atoms with E-state index in [4.69, 9.17) is 4.74 Å². The largest absolute Gasteiger partial charge is 0.507 e. The van der Waals surface area contributed by atoms with Gasteiger partial charge in [0.25, 0.3) is 0 Å². The molecule has 3 heteroatoms. The molecule has 0 spiro atoms. The number of phenols is 1. The third-order valence-corrected chi connectivity index (χ3v) is 3.82. The van der Waals surface area contributed by atoms with E-state index in [0.717, 1.165) is 16.7 Å². The first-order valence-corrected chi connectivity index (χ1v) is 8.70. The van der Waals surface area contributed by atoms with E-state index < -0.39 is 5.60 Å². The van der Waals surface area contributed by atoms with E-state index in [1.165, 1.54) is 0 Å². The van der Waals surface area contributed by atoms with Gasteiger partial charge in [0.1, 0.15) is 11.4 Å². The summed E-state index contributed by atoms with van der Waals surface area (Å²) in [5.74, 6) is 0.182. The molecule has 0 aliphatic heterocycles. The maximum absolute atomic E-state index is 12.0. The van der Waals surface area contributed by atoms with E-state index in [9.17, 15) is 9.90 Å². The van der Waals surface area contributed by atoms with Gasteiger partial charge in [-0.3, -0.25) is 4.79 Å². The van der Waals surface area contributed by atoms with E-state index in [1.807, 2.05) is 32.9 Å². The van der Waals surface area contributed by atoms with Crippen molar-refractivity contribution in [3.63, 3.8) is 0 Å². The molecule has 1 rings (SSSR count). The molecule has 136 valence electrons. The maximum atomic E-state index is 12.0. The summed E-state index contributed by atoms with van der Waals surface area (Å²) in [7, 11) is 0. The molecule has 0 fully saturated rings. The number of benzene rings is 1. The van der Waals surface area contributed by atoms with Gasteiger partial charge in [0.05, 0.1) is 0 Å². The fourth-order valence-electron chi connectivity index (χ4n) is 2.62. The summed E-state index contributed by atoms with van der Waals surface area (Å²) < 4.78 is 5.39. The van der Waals surface area contributed by atoms with Crippen molar-refractivity contribution in [2.75, 3.05) is 0 Å². The maximum Gasteiger partial charge on any atom is 0.306 e. The van der Waals surface area contributed by atoms with E-state index in [0.29, 0.717) is 18.6 Å². The molecule has 1 N–H and O–H groups in total. The van der Waals surface area contributed by atoms with Crippen LogP contribution in [0.15, 0.2) is 12.1 Å². The Morgan fingerprint density at radius 3 is 1.67 bits per heavy atom. The number of rotatable bonds is 3. The van der Waals surface area contributed by atoms with Crippen LogP contribution in [0.4, 0.5) is 0 Å². The Morgan fingerprint density at radius 1 is 0.917 bits per heavy atom. The molecule has 0 unspecified atom stereocenters. The number of aromatic hydroxyl groups is 1. The van der Waals surface area contributed by atoms with Gasteiger partial charge in [-0.1, -0.05) is 53.7 Å². The van der Waals surface area contributed by atoms with Crippen molar-refractivity contribution >= 4 is 5.97 Å². The molecule has 0 atom stereocenters. The predicted octanol–water partition coefficient (Wildman–Crippen LogP) is 5.26. The van der Waals surface area contributed by atoms with Crippen LogP contribution in [0.1, 0.15) is 85.4 Å². The van der Waals surface area contributed by atoms with Crippen molar-refractivity contribution in [3.8, 4) is 5.75 Å². The molecule has 0 heterocycles. The number of carbonyl (C=O) groups excluding carboxylic acids is 1. The molecule has 1 aromatic rings. The van der Waals surface area contributed by atoms with Crippen molar-refractivity contribution < 1.29 is 14.6 Å². The quantitative estimate of drug-likeness (QED) is 0.767. The average Bonchev–Trinajstić information content (AvgIpc) is 2.32. The van der Waals surface area contributed by atoms with E-state index in [2.05, 4.69) is 41.5 Å². The standard InChI is InChI=1S/C21H34O3/c1-19(2,3)15-12-14(10-11-17(22)24-21(7,8)9)13-16(18(15)23)20(4,5)6/h12-13,23H,10-11H2,1-9H3. The second-order valence-electron chi connectivity index (χ2n) is 9.63. The molecular weight excluding hydrogens is 300 g/mol. The average molecular weight is 335 g/mol. The van der Waals surface area contributed by atoms with Gasteiger partial charge in [-0.25, -0.2) is 0 Å². The van der Waals surface area contributed by atoms with E-state index >= 15 is 0 Å². The van der Waals surface area contributed by atoms with Crippen molar-refractivity contribution in [2.24, 2.45) is 0 Å². The zero-order valence-corrected chi connectivity index (χ0v) is 16.8. The Balaban J connectivity index is 3.14. The minimum atomic E-state index is -0.459. The first kappa shape index (κ1) is 20.5. The lowest BCUT2D eigenvalue weighted by atomic mass is 9.78. The minimum Gasteiger partial charge on any atom is -0.507 e. The first-order chi connectivity index (χ1) is 10.6. The van der Waals surface area contributed by atoms with Gasteiger partial charge >= 0.3 is 5.97 Å². The Kier molecular flexibility index (Phi) is 5.80. The summed E-state index contributed by atoms with van der Waals surface area (Å²) in [4.78, 5) is 12.0. The fraction of sp³-hybridized carbons (Fsp3) is 0.667. The number of esters is 1. The summed E-state index contributed by atoms with van der Waals surface area (Å²) in [6.45, 7) is 18.2. The number of ether oxygens (including phenoxy) is 1. The molecule has 0 aliphatic rings. The monoisotopic (exact) mass is 334 g/mol. The van der Waals surface area contributed by atoms with Gasteiger partial charge < -0.3 is 9.84 Å². The van der Waals surface area contributed by atoms with Gasteiger partial charge in [-0.2, -0.15) is 0 Å². The highest BCUT2D eigenvalue weighted by Gasteiger charge is 2.26. The number of carbonyl (C=O) groups is 1. The van der Waals surface area contributed by atoms with Crippen molar-refractivity contribution in [1.82, 2.24) is 0 Å². The topological polar surface area (TPSA) is 46.5 Å². The predicted molar refractivity (Wildman–Crippen MR) is 99.7 cm³/mol. The molecule has 0 saturated heterocycles. The van der Waals surface area contributed by atoms with Crippen LogP contribution in [-0.4, -0.2) is 16.7 Å². The second-order valence-corrected chi connectivity index (χ2v) is 9.63. The minimum absolute atomic E-state index is 0.161. The number of phenolic OH excluding ortho intramolecular Hbond substituents is 1. The number of aryl methyl sites for hydroxylation is 1. The van der Waals surface area contributed by atoms with Crippen LogP contribution in [0.25, 0.3) is 0 Å². The Bertz CT molecular complexity index is 558. The zero-order chi connectivity index (χ0) is 18.9. The molecule has 0 aromatic heterocycles. The summed E-state index contributed by atoms with van der Waals surface area (Å²) in [6, 6.07) is 4.05. The Morgan fingerprint density at radius 2 is 1.33 bits per heavy atom. The fourth-order valence-corrected chi connectivity index (χ4v) is 2.62. The van der Waals surface area contributed by atoms with Gasteiger partial charge in [-0.05, 0) is 54.7 Å². The van der Waals surface area contributed by atoms with Crippen LogP contribution >= 0.6 is 0 Å². The third kappa shape index (κ3) is 5.85. The zero-order valence-electron chi connectivity index (χ0n) is 16.8. The third-order valence-electron chi connectivity index (χ3n) is 3.82. The van der Waals surface area contributed by atoms with Crippen LogP contribution in [0.3, 0.4) is 0 Å². The summed E-state index contributed by atoms with van der Waals surface area (Å²) in [5, 5.41) is 10.7. The summed E-state index contributed by atoms with van der Waals surface area (Å²) in [6.07, 6.45) is 0.955. The molecular formula is C21H34O3. The molecule has 0 saturated carbocycles. The van der Waals surface area contributed by atoms with Gasteiger partial charge in [0, 0.05) is 6.42 Å². The van der Waals surface area contributed by atoms with Gasteiger partial charge in [0.2, 0.25) is 0 Å². The highest BCUT2D eigenvalue weighted by Crippen LogP contribution is 2.40. The van der Waals surface area contributed by atoms with Crippen molar-refractivity contribution in [2.45, 2.75) is 91.6 Å². The van der Waals surface area contributed by atoms with Gasteiger partial charge in [0.15, 0.2) is 0 Å². The van der Waals surface area contributed by atoms with Crippen LogP contribution in [0.2, 0.25) is 0 Å². The lowest BCUT2D eigenvalue weighted by molar-refractivity contribution is -0.154. The van der Waals surface area contributed by atoms with Crippen LogP contribution in [0.5, 0.6) is 5.75 Å². The summed E-state index contributed by atoms with van der Waals surface area (Å²) >= 11 is 0. The molecule has 0 amide bonds. The van der Waals surface area contributed by atoms with Crippen LogP contribution in [-0.2, 0) is 26.8 Å². The molecule has 1 aromatic carbocycles. The van der Waals surface area contributed by atoms with E-state index in [-0.39, 0.29) is 16.8 Å². The number of hydrogen-bond acceptors (Lipinski definition) is 3. The molecule has 0 bridgehead atoms. The SMILES string of the molecule is CC(C)(C)OC(=O)CCc1cc(C(C)(C)C)c(O)c(C(C)(C)C)c1. The van der Waals surface area contributed by atoms with Gasteiger partial charge in [-0.15, -0.1) is 0 Å². The van der Waals surface area contributed by atoms with Crippen molar-refractivity contribution in [1.29, 1.82) is 0 Å². The first-order valence-electron chi connectivity index (χ1n) is 8.70.